The molecule has 3 N–H and O–H groups in total. The van der Waals surface area contributed by atoms with E-state index in [0.717, 1.165) is 42.5 Å². The number of hydrogen-bond acceptors (Lipinski definition) is 4. The monoisotopic (exact) mass is 408 g/mol. The molecule has 30 heavy (non-hydrogen) atoms. The average Bonchev–Trinajstić information content (AvgIpc) is 3.66. The van der Waals surface area contributed by atoms with Crippen LogP contribution in [0.4, 0.5) is 5.69 Å². The standard InChI is InChI=1S/C22H28N6O2/c1-13-17-9-4-14(21(29)24-10-11-30-3)12-18(17)27-20(25-15-5-6-15)19(13)28-22(23-2)26-16-7-8-16/h4,9,12,15-16H,1,5-8,10-11H2,2-3H3,(H,23,26)(H,24,29)(H,25,27). The van der Waals surface area contributed by atoms with Crippen molar-refractivity contribution in [3.8, 4) is 0 Å². The maximum atomic E-state index is 12.4. The van der Waals surface area contributed by atoms with Gasteiger partial charge in [0, 0.05) is 49.1 Å². The molecule has 8 heteroatoms. The Balaban J connectivity index is 1.62. The Morgan fingerprint density at radius 2 is 2.10 bits per heavy atom. The highest BCUT2D eigenvalue weighted by Gasteiger charge is 2.30. The van der Waals surface area contributed by atoms with E-state index in [1.807, 2.05) is 12.1 Å². The molecular weight excluding hydrogens is 380 g/mol. The number of carbonyl (C=O) groups excluding carboxylic acids is 1. The van der Waals surface area contributed by atoms with Gasteiger partial charge in [-0.25, -0.2) is 4.99 Å². The quantitative estimate of drug-likeness (QED) is 0.382. The maximum absolute atomic E-state index is 12.4. The number of benzene rings is 1. The third-order valence-corrected chi connectivity index (χ3v) is 5.16. The first-order valence-corrected chi connectivity index (χ1v) is 10.4. The highest BCUT2D eigenvalue weighted by atomic mass is 16.5. The largest absolute Gasteiger partial charge is 0.383 e. The summed E-state index contributed by atoms with van der Waals surface area (Å²) in [5.74, 6) is 1.14. The Bertz CT molecular complexity index is 941. The molecule has 3 aliphatic rings. The number of aliphatic imine (C=N–C) groups is 3. The van der Waals surface area contributed by atoms with Crippen LogP contribution in [0, 0.1) is 0 Å². The van der Waals surface area contributed by atoms with Crippen LogP contribution in [0.5, 0.6) is 0 Å². The number of hydrogen-bond donors (Lipinski definition) is 3. The Labute approximate surface area is 176 Å². The molecule has 8 nitrogen and oxygen atoms in total. The van der Waals surface area contributed by atoms with E-state index in [1.54, 1.807) is 20.2 Å². The van der Waals surface area contributed by atoms with E-state index in [0.29, 0.717) is 48.3 Å². The van der Waals surface area contributed by atoms with Crippen molar-refractivity contribution < 1.29 is 9.53 Å². The van der Waals surface area contributed by atoms with Gasteiger partial charge < -0.3 is 20.7 Å². The highest BCUT2D eigenvalue weighted by Crippen LogP contribution is 2.32. The van der Waals surface area contributed by atoms with Gasteiger partial charge in [0.05, 0.1) is 12.6 Å². The fourth-order valence-corrected chi connectivity index (χ4v) is 3.14. The van der Waals surface area contributed by atoms with Crippen molar-refractivity contribution in [2.24, 2.45) is 15.0 Å². The molecule has 158 valence electrons. The number of amidine groups is 1. The first-order valence-electron chi connectivity index (χ1n) is 10.4. The lowest BCUT2D eigenvalue weighted by Gasteiger charge is -2.24. The molecule has 1 heterocycles. The number of guanidine groups is 1. The first-order chi connectivity index (χ1) is 14.6. The van der Waals surface area contributed by atoms with E-state index in [2.05, 4.69) is 27.5 Å². The van der Waals surface area contributed by atoms with Crippen molar-refractivity contribution >= 4 is 34.7 Å². The molecule has 0 unspecified atom stereocenters. The van der Waals surface area contributed by atoms with Crippen LogP contribution in [0.15, 0.2) is 39.8 Å². The molecule has 0 spiro atoms. The van der Waals surface area contributed by atoms with Gasteiger partial charge in [-0.2, -0.15) is 0 Å². The van der Waals surface area contributed by atoms with Crippen LogP contribution in [0.1, 0.15) is 41.6 Å². The highest BCUT2D eigenvalue weighted by molar-refractivity contribution is 6.63. The molecule has 2 saturated carbocycles. The zero-order chi connectivity index (χ0) is 21.1. The summed E-state index contributed by atoms with van der Waals surface area (Å²) in [4.78, 5) is 26.3. The lowest BCUT2D eigenvalue weighted by atomic mass is 9.94. The second kappa shape index (κ2) is 8.79. The third-order valence-electron chi connectivity index (χ3n) is 5.16. The summed E-state index contributed by atoms with van der Waals surface area (Å²) in [6.45, 7) is 5.22. The van der Waals surface area contributed by atoms with Gasteiger partial charge in [0.25, 0.3) is 5.91 Å². The number of amides is 1. The number of nitrogens with zero attached hydrogens (tertiary/aromatic N) is 3. The summed E-state index contributed by atoms with van der Waals surface area (Å²) < 4.78 is 4.99. The molecule has 0 radical (unpaired) electrons. The Morgan fingerprint density at radius 1 is 1.30 bits per heavy atom. The van der Waals surface area contributed by atoms with E-state index in [1.165, 1.54) is 0 Å². The van der Waals surface area contributed by atoms with E-state index in [9.17, 15) is 4.79 Å². The molecule has 1 aromatic rings. The van der Waals surface area contributed by atoms with Crippen LogP contribution >= 0.6 is 0 Å². The van der Waals surface area contributed by atoms with Crippen LogP contribution in [-0.4, -0.2) is 62.8 Å². The minimum Gasteiger partial charge on any atom is -0.383 e. The molecule has 0 aromatic heterocycles. The van der Waals surface area contributed by atoms with Crippen molar-refractivity contribution in [1.29, 1.82) is 0 Å². The second-order valence-electron chi connectivity index (χ2n) is 7.75. The van der Waals surface area contributed by atoms with Crippen LogP contribution in [0.2, 0.25) is 0 Å². The van der Waals surface area contributed by atoms with Crippen LogP contribution in [-0.2, 0) is 4.74 Å². The molecule has 2 aliphatic carbocycles. The average molecular weight is 409 g/mol. The molecule has 0 bridgehead atoms. The summed E-state index contributed by atoms with van der Waals surface area (Å²) >= 11 is 0. The van der Waals surface area contributed by atoms with E-state index in [4.69, 9.17) is 14.7 Å². The number of ether oxygens (including phenoxy) is 1. The molecular formula is C22H28N6O2. The van der Waals surface area contributed by atoms with Crippen molar-refractivity contribution in [2.45, 2.75) is 37.8 Å². The summed E-state index contributed by atoms with van der Waals surface area (Å²) in [5.41, 5.74) is 3.75. The third kappa shape index (κ3) is 4.76. The minimum absolute atomic E-state index is 0.142. The summed E-state index contributed by atoms with van der Waals surface area (Å²) in [5, 5.41) is 9.57. The molecule has 0 saturated heterocycles. The minimum atomic E-state index is -0.142. The van der Waals surface area contributed by atoms with E-state index < -0.39 is 0 Å². The van der Waals surface area contributed by atoms with Gasteiger partial charge >= 0.3 is 0 Å². The Hall–Kier alpha value is -3.00. The zero-order valence-electron chi connectivity index (χ0n) is 17.5. The van der Waals surface area contributed by atoms with Crippen molar-refractivity contribution in [3.63, 3.8) is 0 Å². The molecule has 1 aromatic carbocycles. The predicted molar refractivity (Wildman–Crippen MR) is 121 cm³/mol. The van der Waals surface area contributed by atoms with Gasteiger partial charge in [-0.1, -0.05) is 12.6 Å². The van der Waals surface area contributed by atoms with Crippen LogP contribution < -0.4 is 16.0 Å². The predicted octanol–water partition coefficient (Wildman–Crippen LogP) is 2.24. The van der Waals surface area contributed by atoms with Crippen LogP contribution in [0.3, 0.4) is 0 Å². The Kier molecular flexibility index (Phi) is 5.94. The van der Waals surface area contributed by atoms with Gasteiger partial charge in [-0.05, 0) is 37.8 Å². The number of anilines is 1. The summed E-state index contributed by atoms with van der Waals surface area (Å²) in [7, 11) is 3.34. The fraction of sp³-hybridized carbons (Fsp3) is 0.455. The van der Waals surface area contributed by atoms with Crippen molar-refractivity contribution in [3.05, 3.63) is 35.9 Å². The number of rotatable bonds is 6. The maximum Gasteiger partial charge on any atom is 0.251 e. The SMILES string of the molecule is C=C1C(=NC(=NC)NC2CC2)C(=NC2CC2)Nc2cc(C(=O)NCCOC)ccc21. The Morgan fingerprint density at radius 3 is 2.77 bits per heavy atom. The number of fused-ring (bicyclic) bond motifs is 1. The van der Waals surface area contributed by atoms with Crippen molar-refractivity contribution in [2.75, 3.05) is 32.6 Å². The zero-order valence-corrected chi connectivity index (χ0v) is 17.5. The first kappa shape index (κ1) is 20.3. The number of carbonyl (C=O) groups is 1. The molecule has 4 rings (SSSR count). The number of methoxy groups -OCH3 is 1. The molecule has 1 amide bonds. The summed E-state index contributed by atoms with van der Waals surface area (Å²) in [6.07, 6.45) is 4.44. The van der Waals surface area contributed by atoms with Gasteiger partial charge in [0.15, 0.2) is 5.84 Å². The summed E-state index contributed by atoms with van der Waals surface area (Å²) in [6, 6.07) is 6.29. The molecule has 1 aliphatic heterocycles. The second-order valence-corrected chi connectivity index (χ2v) is 7.75. The number of nitrogens with one attached hydrogen (secondary N) is 3. The van der Waals surface area contributed by atoms with Gasteiger partial charge in [0.1, 0.15) is 5.71 Å². The normalized spacial score (nSPS) is 21.4. The topological polar surface area (TPSA) is 99.5 Å². The molecule has 0 atom stereocenters. The molecule has 2 fully saturated rings. The van der Waals surface area contributed by atoms with Gasteiger partial charge in [-0.15, -0.1) is 0 Å². The van der Waals surface area contributed by atoms with E-state index in [-0.39, 0.29) is 5.91 Å². The van der Waals surface area contributed by atoms with Crippen LogP contribution in [0.25, 0.3) is 5.57 Å². The van der Waals surface area contributed by atoms with E-state index >= 15 is 0 Å². The lowest BCUT2D eigenvalue weighted by Crippen LogP contribution is -2.34. The smallest absolute Gasteiger partial charge is 0.251 e. The van der Waals surface area contributed by atoms with Gasteiger partial charge in [0.2, 0.25) is 5.96 Å². The lowest BCUT2D eigenvalue weighted by molar-refractivity contribution is 0.0937. The van der Waals surface area contributed by atoms with Gasteiger partial charge in [-0.3, -0.25) is 14.8 Å². The fourth-order valence-electron chi connectivity index (χ4n) is 3.14. The van der Waals surface area contributed by atoms with Crippen molar-refractivity contribution in [1.82, 2.24) is 10.6 Å².